The molecule has 1 aliphatic heterocycles. The molecular formula is C26H27Cl2N5O6. The second-order valence-electron chi connectivity index (χ2n) is 8.49. The first-order chi connectivity index (χ1) is 18.8. The topological polar surface area (TPSA) is 144 Å². The van der Waals surface area contributed by atoms with E-state index in [9.17, 15) is 14.7 Å². The SMILES string of the molecule is C=CC(=O)NC1COCC1Nc1ncc2ccc(C(=O)c3c(Cl)c(OC)cc(OC)c3Cl)c(NCCO)c2n1. The number of amides is 1. The van der Waals surface area contributed by atoms with Crippen LogP contribution >= 0.6 is 23.2 Å². The predicted octanol–water partition coefficient (Wildman–Crippen LogP) is 3.07. The van der Waals surface area contributed by atoms with Crippen molar-refractivity contribution >= 4 is 57.4 Å². The molecule has 2 heterocycles. The summed E-state index contributed by atoms with van der Waals surface area (Å²) >= 11 is 13.0. The molecule has 4 rings (SSSR count). The van der Waals surface area contributed by atoms with E-state index in [2.05, 4.69) is 32.5 Å². The summed E-state index contributed by atoms with van der Waals surface area (Å²) in [5.74, 6) is -0.127. The number of carbonyl (C=O) groups is 2. The number of anilines is 2. The number of halogens is 2. The van der Waals surface area contributed by atoms with Crippen LogP contribution in [0, 0.1) is 0 Å². The molecule has 206 valence electrons. The molecule has 0 bridgehead atoms. The van der Waals surface area contributed by atoms with Crippen molar-refractivity contribution in [2.75, 3.05) is 51.2 Å². The lowest BCUT2D eigenvalue weighted by Crippen LogP contribution is -2.45. The number of benzene rings is 2. The van der Waals surface area contributed by atoms with E-state index in [0.29, 0.717) is 29.8 Å². The molecule has 2 atom stereocenters. The molecule has 11 nitrogen and oxygen atoms in total. The summed E-state index contributed by atoms with van der Waals surface area (Å²) in [5, 5.41) is 19.3. The molecule has 2 unspecified atom stereocenters. The predicted molar refractivity (Wildman–Crippen MR) is 148 cm³/mol. The standard InChI is InChI=1S/C26H27Cl2N5O6/c1-4-19(35)31-15-11-39-12-16(15)32-26-30-10-13-5-6-14(24(23(13)33-26)29-7-8-34)25(36)20-21(27)17(37-2)9-18(38-3)22(20)28/h4-6,9-10,15-16,29,34H,1,7-8,11-12H2,2-3H3,(H,31,35)(H,30,32,33). The zero-order chi connectivity index (χ0) is 28.1. The van der Waals surface area contributed by atoms with Gasteiger partial charge in [-0.15, -0.1) is 0 Å². The highest BCUT2D eigenvalue weighted by atomic mass is 35.5. The summed E-state index contributed by atoms with van der Waals surface area (Å²) in [6, 6.07) is 4.18. The van der Waals surface area contributed by atoms with Crippen LogP contribution in [0.2, 0.25) is 10.0 Å². The van der Waals surface area contributed by atoms with Gasteiger partial charge in [0.2, 0.25) is 11.9 Å². The van der Waals surface area contributed by atoms with Gasteiger partial charge in [-0.3, -0.25) is 9.59 Å². The zero-order valence-electron chi connectivity index (χ0n) is 21.2. The number of fused-ring (bicyclic) bond motifs is 1. The van der Waals surface area contributed by atoms with E-state index in [1.54, 1.807) is 18.3 Å². The highest BCUT2D eigenvalue weighted by Gasteiger charge is 2.30. The van der Waals surface area contributed by atoms with Crippen molar-refractivity contribution in [1.82, 2.24) is 15.3 Å². The van der Waals surface area contributed by atoms with Crippen LogP contribution in [0.4, 0.5) is 11.6 Å². The van der Waals surface area contributed by atoms with Crippen LogP contribution in [-0.2, 0) is 9.53 Å². The Bertz CT molecular complexity index is 1390. The van der Waals surface area contributed by atoms with Gasteiger partial charge in [0.25, 0.3) is 0 Å². The Hall–Kier alpha value is -3.64. The normalized spacial score (nSPS) is 16.5. The first kappa shape index (κ1) is 28.4. The van der Waals surface area contributed by atoms with Crippen LogP contribution in [0.5, 0.6) is 11.5 Å². The summed E-state index contributed by atoms with van der Waals surface area (Å²) in [5.41, 5.74) is 0.974. The Kier molecular flexibility index (Phi) is 9.08. The monoisotopic (exact) mass is 575 g/mol. The minimum atomic E-state index is -0.506. The lowest BCUT2D eigenvalue weighted by atomic mass is 9.98. The third-order valence-corrected chi connectivity index (χ3v) is 6.87. The number of nitrogens with one attached hydrogen (secondary N) is 3. The molecule has 4 N–H and O–H groups in total. The van der Waals surface area contributed by atoms with E-state index in [-0.39, 0.29) is 69.8 Å². The molecule has 1 aromatic heterocycles. The molecule has 39 heavy (non-hydrogen) atoms. The van der Waals surface area contributed by atoms with Crippen molar-refractivity contribution in [3.63, 3.8) is 0 Å². The molecular weight excluding hydrogens is 549 g/mol. The summed E-state index contributed by atoms with van der Waals surface area (Å²) in [7, 11) is 2.84. The number of hydrogen-bond acceptors (Lipinski definition) is 10. The molecule has 0 spiro atoms. The van der Waals surface area contributed by atoms with Gasteiger partial charge in [-0.2, -0.15) is 0 Å². The largest absolute Gasteiger partial charge is 0.495 e. The van der Waals surface area contributed by atoms with Crippen molar-refractivity contribution in [1.29, 1.82) is 0 Å². The minimum Gasteiger partial charge on any atom is -0.495 e. The van der Waals surface area contributed by atoms with Gasteiger partial charge in [0.1, 0.15) is 11.5 Å². The zero-order valence-corrected chi connectivity index (χ0v) is 22.7. The van der Waals surface area contributed by atoms with Crippen LogP contribution in [-0.4, -0.2) is 79.4 Å². The lowest BCUT2D eigenvalue weighted by Gasteiger charge is -2.20. The van der Waals surface area contributed by atoms with E-state index in [1.807, 2.05) is 0 Å². The maximum Gasteiger partial charge on any atom is 0.243 e. The first-order valence-electron chi connectivity index (χ1n) is 11.9. The average Bonchev–Trinajstić information content (AvgIpc) is 3.37. The number of aliphatic hydroxyl groups is 1. The number of ketones is 1. The highest BCUT2D eigenvalue weighted by molar-refractivity contribution is 6.43. The third-order valence-electron chi connectivity index (χ3n) is 6.12. The summed E-state index contributed by atoms with van der Waals surface area (Å²) in [4.78, 5) is 34.7. The van der Waals surface area contributed by atoms with Gasteiger partial charge in [-0.25, -0.2) is 9.97 Å². The molecule has 3 aromatic rings. The van der Waals surface area contributed by atoms with Gasteiger partial charge in [0.15, 0.2) is 5.78 Å². The summed E-state index contributed by atoms with van der Waals surface area (Å²) < 4.78 is 16.1. The Morgan fingerprint density at radius 1 is 1.18 bits per heavy atom. The Balaban J connectivity index is 1.78. The van der Waals surface area contributed by atoms with Crippen molar-refractivity contribution in [2.45, 2.75) is 12.1 Å². The maximum atomic E-state index is 13.9. The van der Waals surface area contributed by atoms with Crippen LogP contribution in [0.25, 0.3) is 10.9 Å². The molecule has 1 amide bonds. The van der Waals surface area contributed by atoms with Crippen molar-refractivity contribution in [3.8, 4) is 11.5 Å². The first-order valence-corrected chi connectivity index (χ1v) is 12.6. The van der Waals surface area contributed by atoms with Crippen molar-refractivity contribution < 1.29 is 28.9 Å². The molecule has 1 fully saturated rings. The second kappa shape index (κ2) is 12.5. The van der Waals surface area contributed by atoms with Crippen LogP contribution < -0.4 is 25.4 Å². The molecule has 1 saturated heterocycles. The number of hydrogen-bond donors (Lipinski definition) is 4. The van der Waals surface area contributed by atoms with E-state index in [1.165, 1.54) is 26.4 Å². The fourth-order valence-electron chi connectivity index (χ4n) is 4.18. The number of carbonyl (C=O) groups excluding carboxylic acids is 2. The van der Waals surface area contributed by atoms with Gasteiger partial charge in [-0.05, 0) is 12.1 Å². The van der Waals surface area contributed by atoms with Crippen LogP contribution in [0.15, 0.2) is 37.1 Å². The molecule has 13 heteroatoms. The highest BCUT2D eigenvalue weighted by Crippen LogP contribution is 2.42. The molecule has 0 saturated carbocycles. The van der Waals surface area contributed by atoms with Gasteiger partial charge < -0.3 is 35.3 Å². The van der Waals surface area contributed by atoms with Crippen LogP contribution in [0.3, 0.4) is 0 Å². The van der Waals surface area contributed by atoms with Crippen molar-refractivity contribution in [3.05, 3.63) is 58.2 Å². The number of ether oxygens (including phenoxy) is 3. The summed E-state index contributed by atoms with van der Waals surface area (Å²) in [6.07, 6.45) is 2.79. The van der Waals surface area contributed by atoms with Gasteiger partial charge in [0.05, 0.1) is 72.9 Å². The molecule has 0 aliphatic carbocycles. The van der Waals surface area contributed by atoms with Crippen molar-refractivity contribution in [2.24, 2.45) is 0 Å². The Labute approximate surface area is 234 Å². The summed E-state index contributed by atoms with van der Waals surface area (Å²) in [6.45, 7) is 4.06. The van der Waals surface area contributed by atoms with E-state index in [0.717, 1.165) is 0 Å². The minimum absolute atomic E-state index is 0.00255. The van der Waals surface area contributed by atoms with Gasteiger partial charge in [-0.1, -0.05) is 35.8 Å². The Morgan fingerprint density at radius 3 is 2.51 bits per heavy atom. The number of nitrogens with zero attached hydrogens (tertiary/aromatic N) is 2. The molecule has 0 radical (unpaired) electrons. The van der Waals surface area contributed by atoms with E-state index < -0.39 is 5.78 Å². The fourth-order valence-corrected chi connectivity index (χ4v) is 4.85. The number of aliphatic hydroxyl groups excluding tert-OH is 1. The van der Waals surface area contributed by atoms with E-state index >= 15 is 0 Å². The quantitative estimate of drug-likeness (QED) is 0.199. The number of methoxy groups -OCH3 is 2. The Morgan fingerprint density at radius 2 is 1.87 bits per heavy atom. The second-order valence-corrected chi connectivity index (χ2v) is 9.25. The number of rotatable bonds is 11. The fraction of sp³-hybridized carbons (Fsp3) is 0.308. The van der Waals surface area contributed by atoms with Crippen LogP contribution in [0.1, 0.15) is 15.9 Å². The van der Waals surface area contributed by atoms with Gasteiger partial charge in [0, 0.05) is 29.8 Å². The van der Waals surface area contributed by atoms with Gasteiger partial charge >= 0.3 is 0 Å². The number of aromatic nitrogens is 2. The maximum absolute atomic E-state index is 13.9. The smallest absolute Gasteiger partial charge is 0.243 e. The molecule has 2 aromatic carbocycles. The molecule has 1 aliphatic rings. The third kappa shape index (κ3) is 5.86. The van der Waals surface area contributed by atoms with E-state index in [4.69, 9.17) is 37.4 Å². The lowest BCUT2D eigenvalue weighted by molar-refractivity contribution is -0.117. The average molecular weight is 576 g/mol.